The van der Waals surface area contributed by atoms with E-state index in [-0.39, 0.29) is 24.8 Å². The Hall–Kier alpha value is 0.544. The van der Waals surface area contributed by atoms with Crippen LogP contribution < -0.4 is 0 Å². The summed E-state index contributed by atoms with van der Waals surface area (Å²) < 4.78 is 23.3. The van der Waals surface area contributed by atoms with E-state index in [1.165, 1.54) is 0 Å². The van der Waals surface area contributed by atoms with Gasteiger partial charge in [-0.05, 0) is 0 Å². The molecule has 0 N–H and O–H groups in total. The number of hydrogen-bond acceptors (Lipinski definition) is 2. The van der Waals surface area contributed by atoms with Crippen molar-refractivity contribution >= 4 is 32.5 Å². The number of halogens is 2. The number of rotatable bonds is 1. The summed E-state index contributed by atoms with van der Waals surface area (Å²) in [7, 11) is -2.45. The van der Waals surface area contributed by atoms with Gasteiger partial charge in [-0.2, -0.15) is 0 Å². The molecule has 1 unspecified atom stereocenters. The molecule has 0 radical (unpaired) electrons. The molecule has 6 heteroatoms. The predicted molar refractivity (Wildman–Crippen MR) is 62.3 cm³/mol. The van der Waals surface area contributed by atoms with Crippen molar-refractivity contribution in [2.75, 3.05) is 0 Å². The smallest absolute Gasteiger partial charge is 0.147 e. The van der Waals surface area contributed by atoms with Crippen LogP contribution in [0.1, 0.15) is 27.7 Å². The quantitative estimate of drug-likeness (QED) is 0.688. The molecule has 0 fully saturated rings. The van der Waals surface area contributed by atoms with Gasteiger partial charge in [0.05, 0.1) is 0 Å². The summed E-state index contributed by atoms with van der Waals surface area (Å²) in [4.78, 5) is 0. The maximum atomic E-state index is 11.2. The van der Waals surface area contributed by atoms with Crippen LogP contribution in [0.4, 0.5) is 0 Å². The van der Waals surface area contributed by atoms with Gasteiger partial charge >= 0.3 is 88.1 Å². The van der Waals surface area contributed by atoms with Gasteiger partial charge in [0.2, 0.25) is 0 Å². The number of hydrogen-bond donors (Lipinski definition) is 0. The molecule has 1 aliphatic rings. The van der Waals surface area contributed by atoms with Crippen molar-refractivity contribution in [2.24, 2.45) is 0 Å². The normalized spacial score (nSPS) is 24.8. The Bertz CT molecular complexity index is 365. The molecule has 0 bridgehead atoms. The molecule has 0 aromatic rings. The monoisotopic (exact) mass is 306 g/mol. The molecule has 0 saturated carbocycles. The zero-order valence-electron chi connectivity index (χ0n) is 9.03. The van der Waals surface area contributed by atoms with E-state index in [4.69, 9.17) is 0 Å². The van der Waals surface area contributed by atoms with E-state index in [0.29, 0.717) is 0 Å². The first-order valence-electron chi connectivity index (χ1n) is 4.06. The zero-order chi connectivity index (χ0) is 10.4. The largest absolute Gasteiger partial charge is 0.147 e. The molecule has 0 amide bonds. The molecular weight excluding hydrogens is 293 g/mol. The second-order valence-corrected chi connectivity index (χ2v) is 5.66. The Morgan fingerprint density at radius 1 is 1.07 bits per heavy atom. The van der Waals surface area contributed by atoms with Crippen molar-refractivity contribution < 1.29 is 26.6 Å². The minimum Gasteiger partial charge on any atom is -0.147 e. The molecule has 15 heavy (non-hydrogen) atoms. The van der Waals surface area contributed by atoms with E-state index in [9.17, 15) is 9.13 Å². The molecule has 0 spiro atoms. The summed E-state index contributed by atoms with van der Waals surface area (Å²) in [5, 5.41) is -0.760. The van der Waals surface area contributed by atoms with Crippen LogP contribution in [0.3, 0.4) is 0 Å². The van der Waals surface area contributed by atoms with Gasteiger partial charge < -0.3 is 0 Å². The van der Waals surface area contributed by atoms with Crippen LogP contribution in [0.2, 0.25) is 0 Å². The first kappa shape index (κ1) is 17.9. The Morgan fingerprint density at radius 3 is 1.60 bits per heavy atom. The molecule has 2 nitrogen and oxygen atoms in total. The molecule has 1 rings (SSSR count). The molecule has 0 heterocycles. The van der Waals surface area contributed by atoms with Gasteiger partial charge in [0, 0.05) is 0 Å². The van der Waals surface area contributed by atoms with Gasteiger partial charge in [-0.3, -0.25) is 0 Å². The molecular formula is C9H14Cl2O2PV. The van der Waals surface area contributed by atoms with Gasteiger partial charge in [-0.25, -0.2) is 0 Å². The minimum absolute atomic E-state index is 0. The summed E-state index contributed by atoms with van der Waals surface area (Å²) in [6.45, 7) is 7.60. The summed E-state index contributed by atoms with van der Waals surface area (Å²) >= 11 is 2.39. The summed E-state index contributed by atoms with van der Waals surface area (Å²) in [6, 6.07) is 0. The van der Waals surface area contributed by atoms with Crippen molar-refractivity contribution in [3.8, 4) is 0 Å². The van der Waals surface area contributed by atoms with Crippen LogP contribution in [0, 0.1) is 0 Å². The van der Waals surface area contributed by atoms with Crippen molar-refractivity contribution in [1.82, 2.24) is 0 Å². The van der Waals surface area contributed by atoms with Crippen molar-refractivity contribution in [3.05, 3.63) is 21.0 Å². The fraction of sp³-hybridized carbons (Fsp3) is 0.556. The molecule has 1 atom stereocenters. The van der Waals surface area contributed by atoms with Crippen molar-refractivity contribution in [3.63, 3.8) is 0 Å². The maximum absolute atomic E-state index is 11.2. The fourth-order valence-corrected chi connectivity index (χ4v) is 3.28. The fourth-order valence-electron chi connectivity index (χ4n) is 1.59. The summed E-state index contributed by atoms with van der Waals surface area (Å²) in [6.07, 6.45) is 0. The second-order valence-electron chi connectivity index (χ2n) is 3.55. The van der Waals surface area contributed by atoms with Crippen LogP contribution >= 0.6 is 32.5 Å². The Balaban J connectivity index is 0. The van der Waals surface area contributed by atoms with E-state index in [1.54, 1.807) is 6.92 Å². The van der Waals surface area contributed by atoms with Crippen LogP contribution in [0.15, 0.2) is 21.0 Å². The first-order valence-corrected chi connectivity index (χ1v) is 5.94. The Morgan fingerprint density at radius 2 is 1.47 bits per heavy atom. The maximum Gasteiger partial charge on any atom is -0.147 e. The van der Waals surface area contributed by atoms with Crippen LogP contribution in [0.25, 0.3) is 0 Å². The third-order valence-electron chi connectivity index (χ3n) is 3.04. The van der Waals surface area contributed by atoms with Gasteiger partial charge in [0.15, 0.2) is 0 Å². The van der Waals surface area contributed by atoms with E-state index >= 15 is 0 Å². The predicted octanol–water partition coefficient (Wildman–Crippen LogP) is 3.93. The average Bonchev–Trinajstić information content (AvgIpc) is 2.22. The average molecular weight is 307 g/mol. The van der Waals surface area contributed by atoms with Crippen molar-refractivity contribution in [2.45, 2.75) is 32.9 Å². The van der Waals surface area contributed by atoms with E-state index < -0.39 is 12.8 Å². The molecule has 0 aromatic carbocycles. The molecule has 0 saturated heterocycles. The summed E-state index contributed by atoms with van der Waals surface area (Å²) in [5.74, 6) is 0. The topological polar surface area (TPSA) is 34.1 Å². The van der Waals surface area contributed by atoms with Gasteiger partial charge in [-0.15, -0.1) is 24.8 Å². The molecule has 0 aliphatic heterocycles. The zero-order valence-corrected chi connectivity index (χ0v) is 13.0. The van der Waals surface area contributed by atoms with Crippen LogP contribution in [-0.4, -0.2) is 5.16 Å². The van der Waals surface area contributed by atoms with E-state index in [2.05, 4.69) is 17.4 Å². The third-order valence-corrected chi connectivity index (χ3v) is 5.83. The third kappa shape index (κ3) is 2.45. The second kappa shape index (κ2) is 5.75. The first-order chi connectivity index (χ1) is 5.83. The Kier molecular flexibility index (Phi) is 6.87. The van der Waals surface area contributed by atoms with Gasteiger partial charge in [0.25, 0.3) is 0 Å². The molecule has 86 valence electrons. The van der Waals surface area contributed by atoms with Crippen LogP contribution in [-0.2, 0) is 26.6 Å². The van der Waals surface area contributed by atoms with Crippen LogP contribution in [0.5, 0.6) is 0 Å². The molecule has 1 aliphatic carbocycles. The standard InChI is InChI=1S/C9H12O2P.2ClH.V/c1-6-5-9(4,12(10)11)8(3)7(6)2;;;/h1-4H3;2*1H;. The SMILES string of the molecule is CC1=C(C)C(C)(P(=O)=O)[C]([V])=C1C.Cl.Cl. The number of allylic oxidation sites excluding steroid dienone is 4. The molecule has 0 aromatic heterocycles. The van der Waals surface area contributed by atoms with Crippen molar-refractivity contribution in [1.29, 1.82) is 0 Å². The van der Waals surface area contributed by atoms with Gasteiger partial charge in [0.1, 0.15) is 0 Å². The van der Waals surface area contributed by atoms with E-state index in [0.717, 1.165) is 21.0 Å². The van der Waals surface area contributed by atoms with Gasteiger partial charge in [-0.1, -0.05) is 0 Å². The minimum atomic E-state index is -2.45. The Labute approximate surface area is 113 Å². The van der Waals surface area contributed by atoms with E-state index in [1.807, 2.05) is 20.8 Å². The summed E-state index contributed by atoms with van der Waals surface area (Å²) in [5.41, 5.74) is 3.16.